The molecule has 0 aliphatic rings. The molecule has 1 N–H and O–H groups in total. The van der Waals surface area contributed by atoms with Crippen molar-refractivity contribution in [1.82, 2.24) is 5.32 Å². The Balaban J connectivity index is 2.59. The van der Waals surface area contributed by atoms with E-state index in [1.807, 2.05) is 26.8 Å². The Labute approximate surface area is 107 Å². The predicted octanol–water partition coefficient (Wildman–Crippen LogP) is 2.88. The summed E-state index contributed by atoms with van der Waals surface area (Å²) in [5.41, 5.74) is -0.515. The molecule has 1 aromatic heterocycles. The lowest BCUT2D eigenvalue weighted by Gasteiger charge is -2.22. The van der Waals surface area contributed by atoms with Crippen LogP contribution >= 0.6 is 0 Å². The number of nitrogens with one attached hydrogen (secondary N) is 1. The van der Waals surface area contributed by atoms with Crippen LogP contribution in [0.4, 0.5) is 4.79 Å². The van der Waals surface area contributed by atoms with Crippen LogP contribution in [0.3, 0.4) is 0 Å². The van der Waals surface area contributed by atoms with Gasteiger partial charge in [0, 0.05) is 13.7 Å². The number of ether oxygens (including phenoxy) is 2. The van der Waals surface area contributed by atoms with Crippen molar-refractivity contribution >= 4 is 6.09 Å². The minimum atomic E-state index is -0.515. The summed E-state index contributed by atoms with van der Waals surface area (Å²) in [7, 11) is 1.62. The highest BCUT2D eigenvalue weighted by Gasteiger charge is 2.21. The number of amides is 1. The van der Waals surface area contributed by atoms with Gasteiger partial charge >= 0.3 is 6.09 Å². The van der Waals surface area contributed by atoms with E-state index in [1.54, 1.807) is 19.4 Å². The fourth-order valence-corrected chi connectivity index (χ4v) is 1.46. The van der Waals surface area contributed by atoms with Crippen molar-refractivity contribution in [3.63, 3.8) is 0 Å². The maximum Gasteiger partial charge on any atom is 0.408 e. The maximum atomic E-state index is 11.7. The molecule has 0 saturated heterocycles. The Morgan fingerprint density at radius 2 is 2.22 bits per heavy atom. The average molecular weight is 255 g/mol. The first kappa shape index (κ1) is 14.6. The maximum absolute atomic E-state index is 11.7. The van der Waals surface area contributed by atoms with Crippen LogP contribution in [0.25, 0.3) is 0 Å². The molecule has 18 heavy (non-hydrogen) atoms. The van der Waals surface area contributed by atoms with Gasteiger partial charge in [0.1, 0.15) is 11.4 Å². The second kappa shape index (κ2) is 6.44. The second-order valence-electron chi connectivity index (χ2n) is 5.00. The van der Waals surface area contributed by atoms with Crippen molar-refractivity contribution in [2.45, 2.75) is 38.8 Å². The standard InChI is InChI=1S/C13H21NO4/c1-13(2,3)18-12(15)14-10(7-9-16-4)11-6-5-8-17-11/h5-6,8,10H,7,9H2,1-4H3,(H,14,15). The van der Waals surface area contributed by atoms with E-state index in [0.29, 0.717) is 18.8 Å². The molecule has 0 fully saturated rings. The van der Waals surface area contributed by atoms with Gasteiger partial charge in [0.25, 0.3) is 0 Å². The number of methoxy groups -OCH3 is 1. The SMILES string of the molecule is COCCC(NC(=O)OC(C)(C)C)c1ccco1. The van der Waals surface area contributed by atoms with Crippen LogP contribution in [-0.2, 0) is 9.47 Å². The van der Waals surface area contributed by atoms with E-state index >= 15 is 0 Å². The highest BCUT2D eigenvalue weighted by molar-refractivity contribution is 5.68. The first-order chi connectivity index (χ1) is 8.42. The average Bonchev–Trinajstić information content (AvgIpc) is 2.74. The van der Waals surface area contributed by atoms with Crippen molar-refractivity contribution < 1.29 is 18.7 Å². The van der Waals surface area contributed by atoms with E-state index in [-0.39, 0.29) is 6.04 Å². The molecule has 1 amide bonds. The zero-order valence-electron chi connectivity index (χ0n) is 11.4. The highest BCUT2D eigenvalue weighted by atomic mass is 16.6. The number of carbonyl (C=O) groups excluding carboxylic acids is 1. The normalized spacial score (nSPS) is 13.1. The lowest BCUT2D eigenvalue weighted by atomic mass is 10.1. The van der Waals surface area contributed by atoms with E-state index < -0.39 is 11.7 Å². The van der Waals surface area contributed by atoms with Crippen molar-refractivity contribution in [1.29, 1.82) is 0 Å². The fourth-order valence-electron chi connectivity index (χ4n) is 1.46. The third-order valence-corrected chi connectivity index (χ3v) is 2.19. The smallest absolute Gasteiger partial charge is 0.408 e. The van der Waals surface area contributed by atoms with Crippen LogP contribution < -0.4 is 5.32 Å². The van der Waals surface area contributed by atoms with Gasteiger partial charge in [-0.05, 0) is 39.3 Å². The van der Waals surface area contributed by atoms with Gasteiger partial charge in [-0.2, -0.15) is 0 Å². The molecule has 5 nitrogen and oxygen atoms in total. The molecule has 102 valence electrons. The zero-order chi connectivity index (χ0) is 13.6. The van der Waals surface area contributed by atoms with E-state index in [2.05, 4.69) is 5.32 Å². The van der Waals surface area contributed by atoms with Gasteiger partial charge in [0.05, 0.1) is 12.3 Å². The minimum Gasteiger partial charge on any atom is -0.467 e. The molecule has 1 heterocycles. The molecule has 0 bridgehead atoms. The van der Waals surface area contributed by atoms with Crippen LogP contribution in [0.2, 0.25) is 0 Å². The lowest BCUT2D eigenvalue weighted by molar-refractivity contribution is 0.0484. The molecule has 1 aromatic rings. The van der Waals surface area contributed by atoms with Gasteiger partial charge in [-0.1, -0.05) is 0 Å². The predicted molar refractivity (Wildman–Crippen MR) is 67.3 cm³/mol. The van der Waals surface area contributed by atoms with Crippen molar-refractivity contribution in [2.24, 2.45) is 0 Å². The summed E-state index contributed by atoms with van der Waals surface area (Å²) >= 11 is 0. The first-order valence-electron chi connectivity index (χ1n) is 5.94. The van der Waals surface area contributed by atoms with Crippen molar-refractivity contribution in [2.75, 3.05) is 13.7 Å². The van der Waals surface area contributed by atoms with E-state index in [4.69, 9.17) is 13.9 Å². The number of alkyl carbamates (subject to hydrolysis) is 1. The number of rotatable bonds is 5. The lowest BCUT2D eigenvalue weighted by Crippen LogP contribution is -2.35. The Morgan fingerprint density at radius 3 is 2.72 bits per heavy atom. The summed E-state index contributed by atoms with van der Waals surface area (Å²) in [5.74, 6) is 0.693. The molecular weight excluding hydrogens is 234 g/mol. The van der Waals surface area contributed by atoms with Crippen molar-refractivity contribution in [3.8, 4) is 0 Å². The number of carbonyl (C=O) groups is 1. The van der Waals surface area contributed by atoms with Gasteiger partial charge in [-0.15, -0.1) is 0 Å². The summed E-state index contributed by atoms with van der Waals surface area (Å²) in [6.45, 7) is 6.00. The summed E-state index contributed by atoms with van der Waals surface area (Å²) in [6.07, 6.45) is 1.75. The van der Waals surface area contributed by atoms with Crippen LogP contribution in [0, 0.1) is 0 Å². The molecule has 1 rings (SSSR count). The molecule has 1 atom stereocenters. The Kier molecular flexibility index (Phi) is 5.22. The van der Waals surface area contributed by atoms with Crippen LogP contribution in [0.5, 0.6) is 0 Å². The summed E-state index contributed by atoms with van der Waals surface area (Å²) < 4.78 is 15.5. The third-order valence-electron chi connectivity index (χ3n) is 2.19. The second-order valence-corrected chi connectivity index (χ2v) is 5.00. The van der Waals surface area contributed by atoms with Crippen LogP contribution in [-0.4, -0.2) is 25.4 Å². The Morgan fingerprint density at radius 1 is 1.50 bits per heavy atom. The molecule has 1 unspecified atom stereocenters. The van der Waals surface area contributed by atoms with E-state index in [9.17, 15) is 4.79 Å². The van der Waals surface area contributed by atoms with Gasteiger partial charge in [-0.25, -0.2) is 4.79 Å². The topological polar surface area (TPSA) is 60.7 Å². The molecule has 0 saturated carbocycles. The molecule has 0 aliphatic carbocycles. The molecule has 0 aliphatic heterocycles. The van der Waals surface area contributed by atoms with Crippen LogP contribution in [0.1, 0.15) is 39.0 Å². The molecular formula is C13H21NO4. The zero-order valence-corrected chi connectivity index (χ0v) is 11.4. The van der Waals surface area contributed by atoms with Gasteiger partial charge in [0.15, 0.2) is 0 Å². The van der Waals surface area contributed by atoms with E-state index in [0.717, 1.165) is 0 Å². The Bertz CT molecular complexity index is 354. The van der Waals surface area contributed by atoms with Gasteiger partial charge in [0.2, 0.25) is 0 Å². The monoisotopic (exact) mass is 255 g/mol. The molecule has 0 radical (unpaired) electrons. The summed E-state index contributed by atoms with van der Waals surface area (Å²) in [6, 6.07) is 3.36. The summed E-state index contributed by atoms with van der Waals surface area (Å²) in [5, 5.41) is 2.78. The van der Waals surface area contributed by atoms with Crippen molar-refractivity contribution in [3.05, 3.63) is 24.2 Å². The molecule has 5 heteroatoms. The third kappa shape index (κ3) is 5.23. The first-order valence-corrected chi connectivity index (χ1v) is 5.94. The Hall–Kier alpha value is -1.49. The largest absolute Gasteiger partial charge is 0.467 e. The number of furan rings is 1. The van der Waals surface area contributed by atoms with Gasteiger partial charge in [-0.3, -0.25) is 0 Å². The van der Waals surface area contributed by atoms with E-state index in [1.165, 1.54) is 0 Å². The number of hydrogen-bond acceptors (Lipinski definition) is 4. The quantitative estimate of drug-likeness (QED) is 0.878. The fraction of sp³-hybridized carbons (Fsp3) is 0.615. The molecule has 0 aromatic carbocycles. The van der Waals surface area contributed by atoms with Crippen LogP contribution in [0.15, 0.2) is 22.8 Å². The van der Waals surface area contributed by atoms with Gasteiger partial charge < -0.3 is 19.2 Å². The highest BCUT2D eigenvalue weighted by Crippen LogP contribution is 2.18. The minimum absolute atomic E-state index is 0.241. The number of hydrogen-bond donors (Lipinski definition) is 1. The molecule has 0 spiro atoms. The summed E-state index contributed by atoms with van der Waals surface area (Å²) in [4.78, 5) is 11.7.